The molecule has 1 amide bonds. The van der Waals surface area contributed by atoms with Crippen LogP contribution in [-0.2, 0) is 0 Å². The summed E-state index contributed by atoms with van der Waals surface area (Å²) in [6.07, 6.45) is 9.05. The normalized spacial score (nSPS) is 18.6. The fourth-order valence-corrected chi connectivity index (χ4v) is 2.70. The highest BCUT2D eigenvalue weighted by Gasteiger charge is 2.23. The third-order valence-corrected chi connectivity index (χ3v) is 3.83. The topological polar surface area (TPSA) is 62.5 Å². The average molecular weight is 273 g/mol. The molecule has 0 radical (unpaired) electrons. The molecule has 0 aliphatic carbocycles. The van der Waals surface area contributed by atoms with Crippen LogP contribution >= 0.6 is 0 Å². The largest absolute Gasteiger partial charge is 0.337 e. The van der Waals surface area contributed by atoms with Crippen molar-refractivity contribution in [3.05, 3.63) is 30.4 Å². The zero-order valence-electron chi connectivity index (χ0n) is 11.6. The smallest absolute Gasteiger partial charge is 0.257 e. The lowest BCUT2D eigenvalue weighted by molar-refractivity contribution is 0.0753. The maximum atomic E-state index is 12.7. The van der Waals surface area contributed by atoms with Crippen LogP contribution in [0.25, 0.3) is 5.52 Å². The van der Waals surface area contributed by atoms with Gasteiger partial charge in [0.2, 0.25) is 0 Å². The van der Waals surface area contributed by atoms with E-state index in [9.17, 15) is 4.79 Å². The molecule has 6 heteroatoms. The summed E-state index contributed by atoms with van der Waals surface area (Å²) in [5.41, 5.74) is 1.38. The van der Waals surface area contributed by atoms with E-state index in [2.05, 4.69) is 15.4 Å². The van der Waals surface area contributed by atoms with Gasteiger partial charge in [0.15, 0.2) is 0 Å². The molecule has 0 bridgehead atoms. The van der Waals surface area contributed by atoms with Gasteiger partial charge in [-0.1, -0.05) is 0 Å². The van der Waals surface area contributed by atoms with E-state index in [4.69, 9.17) is 0 Å². The predicted octanol–water partition coefficient (Wildman–Crippen LogP) is 0.943. The lowest BCUT2D eigenvalue weighted by Gasteiger charge is -2.24. The monoisotopic (exact) mass is 273 g/mol. The van der Waals surface area contributed by atoms with Gasteiger partial charge in [-0.15, -0.1) is 0 Å². The summed E-state index contributed by atoms with van der Waals surface area (Å²) < 4.78 is 1.68. The van der Waals surface area contributed by atoms with E-state index in [0.29, 0.717) is 18.2 Å². The van der Waals surface area contributed by atoms with Gasteiger partial charge in [-0.3, -0.25) is 9.78 Å². The predicted molar refractivity (Wildman–Crippen MR) is 75.6 cm³/mol. The maximum absolute atomic E-state index is 12.7. The zero-order valence-corrected chi connectivity index (χ0v) is 11.6. The molecule has 0 aromatic carbocycles. The number of carbonyl (C=O) groups is 1. The van der Waals surface area contributed by atoms with Crippen molar-refractivity contribution in [1.82, 2.24) is 24.8 Å². The number of rotatable bonds is 4. The number of amides is 1. The summed E-state index contributed by atoms with van der Waals surface area (Å²) in [4.78, 5) is 18.6. The first-order valence-corrected chi connectivity index (χ1v) is 7.09. The number of hydrogen-bond acceptors (Lipinski definition) is 4. The second-order valence-electron chi connectivity index (χ2n) is 5.10. The van der Waals surface area contributed by atoms with Crippen molar-refractivity contribution in [2.45, 2.75) is 25.8 Å². The summed E-state index contributed by atoms with van der Waals surface area (Å²) in [5, 5.41) is 7.63. The molecule has 1 aliphatic rings. The van der Waals surface area contributed by atoms with Crippen LogP contribution in [0.2, 0.25) is 0 Å². The molecule has 0 saturated carbocycles. The van der Waals surface area contributed by atoms with Crippen LogP contribution in [0.5, 0.6) is 0 Å². The average Bonchev–Trinajstić information content (AvgIpc) is 3.13. The molecule has 2 aromatic rings. The maximum Gasteiger partial charge on any atom is 0.257 e. The van der Waals surface area contributed by atoms with Gasteiger partial charge < -0.3 is 10.2 Å². The van der Waals surface area contributed by atoms with E-state index >= 15 is 0 Å². The molecule has 1 fully saturated rings. The van der Waals surface area contributed by atoms with Crippen LogP contribution in [-0.4, -0.2) is 51.1 Å². The molecule has 1 aliphatic heterocycles. The summed E-state index contributed by atoms with van der Waals surface area (Å²) >= 11 is 0. The Hall–Kier alpha value is -1.95. The number of carbonyl (C=O) groups excluding carboxylic acids is 1. The van der Waals surface area contributed by atoms with Gasteiger partial charge in [-0.2, -0.15) is 5.10 Å². The SMILES string of the molecule is CCN(CC1CCCN1)C(=O)c1cnn2ccncc12. The molecule has 106 valence electrons. The molecule has 2 aromatic heterocycles. The minimum Gasteiger partial charge on any atom is -0.337 e. The Morgan fingerprint density at radius 1 is 1.55 bits per heavy atom. The Kier molecular flexibility index (Phi) is 3.64. The molecule has 20 heavy (non-hydrogen) atoms. The van der Waals surface area contributed by atoms with E-state index in [1.54, 1.807) is 29.3 Å². The second kappa shape index (κ2) is 5.58. The number of nitrogens with zero attached hydrogens (tertiary/aromatic N) is 4. The molecule has 3 rings (SSSR count). The van der Waals surface area contributed by atoms with Crippen molar-refractivity contribution < 1.29 is 4.79 Å². The number of aromatic nitrogens is 3. The van der Waals surface area contributed by atoms with Crippen molar-refractivity contribution in [3.8, 4) is 0 Å². The van der Waals surface area contributed by atoms with Gasteiger partial charge in [0.1, 0.15) is 0 Å². The molecule has 1 N–H and O–H groups in total. The fourth-order valence-electron chi connectivity index (χ4n) is 2.70. The van der Waals surface area contributed by atoms with Crippen molar-refractivity contribution in [2.24, 2.45) is 0 Å². The van der Waals surface area contributed by atoms with E-state index in [-0.39, 0.29) is 5.91 Å². The number of nitrogens with one attached hydrogen (secondary N) is 1. The highest BCUT2D eigenvalue weighted by molar-refractivity contribution is 6.00. The Bertz CT molecular complexity index is 602. The van der Waals surface area contributed by atoms with E-state index in [1.165, 1.54) is 6.42 Å². The van der Waals surface area contributed by atoms with E-state index in [1.807, 2.05) is 11.8 Å². The molecule has 1 atom stereocenters. The van der Waals surface area contributed by atoms with Crippen molar-refractivity contribution in [1.29, 1.82) is 0 Å². The summed E-state index contributed by atoms with van der Waals surface area (Å²) in [6.45, 7) is 4.52. The van der Waals surface area contributed by atoms with Crippen LogP contribution in [0.1, 0.15) is 30.1 Å². The summed E-state index contributed by atoms with van der Waals surface area (Å²) in [5.74, 6) is 0.0317. The Morgan fingerprint density at radius 3 is 3.20 bits per heavy atom. The van der Waals surface area contributed by atoms with Crippen LogP contribution in [0.3, 0.4) is 0 Å². The quantitative estimate of drug-likeness (QED) is 0.900. The highest BCUT2D eigenvalue weighted by atomic mass is 16.2. The lowest BCUT2D eigenvalue weighted by Crippen LogP contribution is -2.41. The number of fused-ring (bicyclic) bond motifs is 1. The van der Waals surface area contributed by atoms with Crippen LogP contribution in [0.4, 0.5) is 0 Å². The molecular formula is C14H19N5O. The Labute approximate surface area is 117 Å². The Balaban J connectivity index is 1.82. The van der Waals surface area contributed by atoms with Crippen LogP contribution in [0.15, 0.2) is 24.8 Å². The third-order valence-electron chi connectivity index (χ3n) is 3.83. The summed E-state index contributed by atoms with van der Waals surface area (Å²) in [6, 6.07) is 0.416. The van der Waals surface area contributed by atoms with Gasteiger partial charge in [0.05, 0.1) is 23.5 Å². The molecule has 0 spiro atoms. The lowest BCUT2D eigenvalue weighted by atomic mass is 10.2. The second-order valence-corrected chi connectivity index (χ2v) is 5.10. The highest BCUT2D eigenvalue weighted by Crippen LogP contribution is 2.14. The van der Waals surface area contributed by atoms with Crippen molar-refractivity contribution in [2.75, 3.05) is 19.6 Å². The minimum absolute atomic E-state index is 0.0317. The molecular weight excluding hydrogens is 254 g/mol. The summed E-state index contributed by atoms with van der Waals surface area (Å²) in [7, 11) is 0. The van der Waals surface area contributed by atoms with Crippen molar-refractivity contribution in [3.63, 3.8) is 0 Å². The van der Waals surface area contributed by atoms with Gasteiger partial charge in [-0.05, 0) is 26.3 Å². The molecule has 3 heterocycles. The number of likely N-dealkylation sites (N-methyl/N-ethyl adjacent to an activating group) is 1. The van der Waals surface area contributed by atoms with Crippen molar-refractivity contribution >= 4 is 11.4 Å². The minimum atomic E-state index is 0.0317. The molecule has 6 nitrogen and oxygen atoms in total. The van der Waals surface area contributed by atoms with Crippen LogP contribution in [0, 0.1) is 0 Å². The van der Waals surface area contributed by atoms with Gasteiger partial charge in [0, 0.05) is 31.5 Å². The molecule has 1 unspecified atom stereocenters. The zero-order chi connectivity index (χ0) is 13.9. The first-order valence-electron chi connectivity index (χ1n) is 7.09. The van der Waals surface area contributed by atoms with Gasteiger partial charge >= 0.3 is 0 Å². The van der Waals surface area contributed by atoms with Gasteiger partial charge in [-0.25, -0.2) is 4.52 Å². The molecule has 1 saturated heterocycles. The van der Waals surface area contributed by atoms with Gasteiger partial charge in [0.25, 0.3) is 5.91 Å². The van der Waals surface area contributed by atoms with E-state index < -0.39 is 0 Å². The fraction of sp³-hybridized carbons (Fsp3) is 0.500. The third kappa shape index (κ3) is 2.38. The first-order chi connectivity index (χ1) is 9.79. The number of hydrogen-bond donors (Lipinski definition) is 1. The first kappa shape index (κ1) is 13.1. The van der Waals surface area contributed by atoms with E-state index in [0.717, 1.165) is 25.0 Å². The van der Waals surface area contributed by atoms with Crippen LogP contribution < -0.4 is 5.32 Å². The standard InChI is InChI=1S/C14H19N5O/c1-2-18(10-11-4-3-5-16-11)14(20)12-8-17-19-7-6-15-9-13(12)19/h6-9,11,16H,2-5,10H2,1H3. The Morgan fingerprint density at radius 2 is 2.45 bits per heavy atom.